The summed E-state index contributed by atoms with van der Waals surface area (Å²) in [6, 6.07) is 1.98. The van der Waals surface area contributed by atoms with Crippen LogP contribution in [0.4, 0.5) is 5.13 Å². The highest BCUT2D eigenvalue weighted by Gasteiger charge is 2.03. The molecule has 0 spiro atoms. The van der Waals surface area contributed by atoms with Gasteiger partial charge < -0.3 is 5.73 Å². The summed E-state index contributed by atoms with van der Waals surface area (Å²) < 4.78 is 2.66. The van der Waals surface area contributed by atoms with Crippen LogP contribution < -0.4 is 5.73 Å². The first-order valence-electron chi connectivity index (χ1n) is 3.94. The van der Waals surface area contributed by atoms with E-state index in [9.17, 15) is 0 Å². The first kappa shape index (κ1) is 9.47. The number of rotatable bonds is 3. The molecule has 0 saturated heterocycles. The molecule has 0 fully saturated rings. The maximum atomic E-state index is 5.46. The lowest BCUT2D eigenvalue weighted by molar-refractivity contribution is 0.755. The molecule has 2 heterocycles. The third-order valence-electron chi connectivity index (χ3n) is 1.53. The standard InChI is InChI=1S/C7H9N5S2/c1-12-3-2-5(11-12)4-13-7-10-9-6(8)14-7/h2-3H,4H2,1H3,(H2,8,9). The Morgan fingerprint density at radius 3 is 3.00 bits per heavy atom. The van der Waals surface area contributed by atoms with Gasteiger partial charge in [-0.25, -0.2) is 0 Å². The molecule has 0 aliphatic carbocycles. The van der Waals surface area contributed by atoms with Gasteiger partial charge >= 0.3 is 0 Å². The second kappa shape index (κ2) is 3.97. The summed E-state index contributed by atoms with van der Waals surface area (Å²) in [6.07, 6.45) is 1.92. The molecule has 0 aliphatic heterocycles. The molecule has 0 saturated carbocycles. The Balaban J connectivity index is 1.94. The van der Waals surface area contributed by atoms with Gasteiger partial charge in [0.15, 0.2) is 4.34 Å². The summed E-state index contributed by atoms with van der Waals surface area (Å²) >= 11 is 2.99. The average molecular weight is 227 g/mol. The number of nitrogens with zero attached hydrogens (tertiary/aromatic N) is 4. The van der Waals surface area contributed by atoms with E-state index in [1.54, 1.807) is 16.4 Å². The molecular formula is C7H9N5S2. The Hall–Kier alpha value is -1.08. The van der Waals surface area contributed by atoms with Crippen molar-refractivity contribution in [1.29, 1.82) is 0 Å². The van der Waals surface area contributed by atoms with Crippen LogP contribution in [-0.4, -0.2) is 20.0 Å². The lowest BCUT2D eigenvalue weighted by Gasteiger charge is -1.91. The Morgan fingerprint density at radius 1 is 1.57 bits per heavy atom. The summed E-state index contributed by atoms with van der Waals surface area (Å²) in [5, 5.41) is 12.4. The van der Waals surface area contributed by atoms with Gasteiger partial charge in [-0.05, 0) is 6.07 Å². The van der Waals surface area contributed by atoms with Crippen molar-refractivity contribution >= 4 is 28.2 Å². The molecule has 0 atom stereocenters. The van der Waals surface area contributed by atoms with Gasteiger partial charge in [0.25, 0.3) is 0 Å². The molecule has 0 aromatic carbocycles. The van der Waals surface area contributed by atoms with Crippen molar-refractivity contribution in [3.05, 3.63) is 18.0 Å². The van der Waals surface area contributed by atoms with Crippen LogP contribution in [0.25, 0.3) is 0 Å². The largest absolute Gasteiger partial charge is 0.374 e. The molecule has 0 aliphatic rings. The number of nitrogens with two attached hydrogens (primary N) is 1. The SMILES string of the molecule is Cn1ccc(CSc2nnc(N)s2)n1. The predicted molar refractivity (Wildman–Crippen MR) is 57.1 cm³/mol. The van der Waals surface area contributed by atoms with Gasteiger partial charge in [-0.2, -0.15) is 5.10 Å². The highest BCUT2D eigenvalue weighted by molar-refractivity contribution is 8.00. The first-order chi connectivity index (χ1) is 6.74. The van der Waals surface area contributed by atoms with Crippen molar-refractivity contribution in [2.24, 2.45) is 7.05 Å². The number of hydrogen-bond acceptors (Lipinski definition) is 6. The minimum absolute atomic E-state index is 0.508. The van der Waals surface area contributed by atoms with E-state index in [0.29, 0.717) is 5.13 Å². The zero-order valence-electron chi connectivity index (χ0n) is 7.54. The molecular weight excluding hydrogens is 218 g/mol. The number of anilines is 1. The highest BCUT2D eigenvalue weighted by atomic mass is 32.2. The van der Waals surface area contributed by atoms with Crippen LogP contribution in [0.1, 0.15) is 5.69 Å². The molecule has 5 nitrogen and oxygen atoms in total. The van der Waals surface area contributed by atoms with Crippen LogP contribution in [0.5, 0.6) is 0 Å². The normalized spacial score (nSPS) is 10.6. The van der Waals surface area contributed by atoms with Gasteiger partial charge in [0.05, 0.1) is 5.69 Å². The summed E-state index contributed by atoms with van der Waals surface area (Å²) in [6.45, 7) is 0. The van der Waals surface area contributed by atoms with Gasteiger partial charge in [-0.3, -0.25) is 4.68 Å². The molecule has 2 aromatic rings. The van der Waals surface area contributed by atoms with E-state index in [1.807, 2.05) is 19.3 Å². The number of aromatic nitrogens is 4. The van der Waals surface area contributed by atoms with Crippen molar-refractivity contribution in [1.82, 2.24) is 20.0 Å². The Bertz CT molecular complexity index is 381. The quantitative estimate of drug-likeness (QED) is 0.796. The van der Waals surface area contributed by atoms with Crippen LogP contribution in [0, 0.1) is 0 Å². The third-order valence-corrected chi connectivity index (χ3v) is 3.45. The monoisotopic (exact) mass is 227 g/mol. The van der Waals surface area contributed by atoms with E-state index in [4.69, 9.17) is 5.73 Å². The zero-order valence-corrected chi connectivity index (χ0v) is 9.18. The van der Waals surface area contributed by atoms with Crippen LogP contribution in [0.2, 0.25) is 0 Å². The fraction of sp³-hybridized carbons (Fsp3) is 0.286. The highest BCUT2D eigenvalue weighted by Crippen LogP contribution is 2.25. The molecule has 2 aromatic heterocycles. The van der Waals surface area contributed by atoms with Gasteiger partial charge in [0.1, 0.15) is 0 Å². The second-order valence-electron chi connectivity index (χ2n) is 2.68. The summed E-state index contributed by atoms with van der Waals surface area (Å²) in [5.41, 5.74) is 6.50. The van der Waals surface area contributed by atoms with Crippen LogP contribution in [0.15, 0.2) is 16.6 Å². The van der Waals surface area contributed by atoms with E-state index >= 15 is 0 Å². The average Bonchev–Trinajstić information content (AvgIpc) is 2.72. The Kier molecular flexibility index (Phi) is 2.69. The molecule has 0 amide bonds. The number of hydrogen-bond donors (Lipinski definition) is 1. The van der Waals surface area contributed by atoms with E-state index < -0.39 is 0 Å². The van der Waals surface area contributed by atoms with Crippen molar-refractivity contribution < 1.29 is 0 Å². The minimum Gasteiger partial charge on any atom is -0.374 e. The first-order valence-corrected chi connectivity index (χ1v) is 5.74. The van der Waals surface area contributed by atoms with Crippen LogP contribution >= 0.6 is 23.1 Å². The van der Waals surface area contributed by atoms with Crippen molar-refractivity contribution in [3.8, 4) is 0 Å². The lowest BCUT2D eigenvalue weighted by atomic mass is 10.5. The van der Waals surface area contributed by atoms with Crippen LogP contribution in [0.3, 0.4) is 0 Å². The van der Waals surface area contributed by atoms with Gasteiger partial charge in [-0.15, -0.1) is 10.2 Å². The van der Waals surface area contributed by atoms with Gasteiger partial charge in [0.2, 0.25) is 5.13 Å². The topological polar surface area (TPSA) is 69.6 Å². The van der Waals surface area contributed by atoms with E-state index in [0.717, 1.165) is 15.8 Å². The summed E-state index contributed by atoms with van der Waals surface area (Å²) in [4.78, 5) is 0. The van der Waals surface area contributed by atoms with Crippen LogP contribution in [-0.2, 0) is 12.8 Å². The fourth-order valence-corrected chi connectivity index (χ4v) is 2.49. The fourth-order valence-electron chi connectivity index (χ4n) is 0.955. The molecule has 74 valence electrons. The maximum Gasteiger partial charge on any atom is 0.203 e. The third kappa shape index (κ3) is 2.24. The molecule has 0 radical (unpaired) electrons. The Morgan fingerprint density at radius 2 is 2.43 bits per heavy atom. The number of thioether (sulfide) groups is 1. The molecule has 2 N–H and O–H groups in total. The van der Waals surface area contributed by atoms with Crippen molar-refractivity contribution in [2.75, 3.05) is 5.73 Å². The minimum atomic E-state index is 0.508. The zero-order chi connectivity index (χ0) is 9.97. The summed E-state index contributed by atoms with van der Waals surface area (Å²) in [5.74, 6) is 0.801. The van der Waals surface area contributed by atoms with Crippen molar-refractivity contribution in [2.45, 2.75) is 10.1 Å². The number of aryl methyl sites for hydroxylation is 1. The molecule has 14 heavy (non-hydrogen) atoms. The smallest absolute Gasteiger partial charge is 0.203 e. The molecule has 2 rings (SSSR count). The Labute approximate surface area is 89.3 Å². The summed E-state index contributed by atoms with van der Waals surface area (Å²) in [7, 11) is 1.90. The van der Waals surface area contributed by atoms with Gasteiger partial charge in [-0.1, -0.05) is 23.1 Å². The van der Waals surface area contributed by atoms with Gasteiger partial charge in [0, 0.05) is 19.0 Å². The maximum absolute atomic E-state index is 5.46. The predicted octanol–water partition coefficient (Wildman–Crippen LogP) is 1.15. The van der Waals surface area contributed by atoms with E-state index in [2.05, 4.69) is 15.3 Å². The van der Waals surface area contributed by atoms with Crippen molar-refractivity contribution in [3.63, 3.8) is 0 Å². The molecule has 0 bridgehead atoms. The second-order valence-corrected chi connectivity index (χ2v) is 4.91. The lowest BCUT2D eigenvalue weighted by Crippen LogP contribution is -1.89. The molecule has 7 heteroatoms. The van der Waals surface area contributed by atoms with E-state index in [1.165, 1.54) is 11.3 Å². The van der Waals surface area contributed by atoms with E-state index in [-0.39, 0.29) is 0 Å². The number of nitrogen functional groups attached to an aromatic ring is 1. The molecule has 0 unspecified atom stereocenters.